The van der Waals surface area contributed by atoms with Gasteiger partial charge < -0.3 is 0 Å². The topological polar surface area (TPSA) is 52.0 Å². The van der Waals surface area contributed by atoms with Gasteiger partial charge in [-0.3, -0.25) is 4.68 Å². The highest BCUT2D eigenvalue weighted by molar-refractivity contribution is 8.13. The van der Waals surface area contributed by atoms with Crippen molar-refractivity contribution in [3.63, 3.8) is 0 Å². The van der Waals surface area contributed by atoms with Crippen LogP contribution < -0.4 is 0 Å². The van der Waals surface area contributed by atoms with Crippen LogP contribution in [0.4, 0.5) is 0 Å². The van der Waals surface area contributed by atoms with E-state index < -0.39 is 9.05 Å². The van der Waals surface area contributed by atoms with Crippen LogP contribution >= 0.6 is 22.3 Å². The molecule has 0 N–H and O–H groups in total. The number of aryl methyl sites for hydroxylation is 1. The van der Waals surface area contributed by atoms with Gasteiger partial charge in [-0.25, -0.2) is 8.42 Å². The molecule has 0 bridgehead atoms. The first-order chi connectivity index (χ1) is 7.27. The van der Waals surface area contributed by atoms with Gasteiger partial charge in [0.1, 0.15) is 10.0 Å². The molecule has 4 nitrogen and oxygen atoms in total. The fourth-order valence-corrected chi connectivity index (χ4v) is 3.31. The average molecular weight is 285 g/mol. The largest absolute Gasteiger partial charge is 0.266 e. The monoisotopic (exact) mass is 284 g/mol. The third-order valence-electron chi connectivity index (χ3n) is 2.03. The molecular weight excluding hydrogens is 271 g/mol. The van der Waals surface area contributed by atoms with Crippen molar-refractivity contribution >= 4 is 31.3 Å². The Morgan fingerprint density at radius 3 is 2.31 bits per heavy atom. The van der Waals surface area contributed by atoms with Crippen molar-refractivity contribution in [1.82, 2.24) is 9.78 Å². The molecule has 0 aliphatic rings. The lowest BCUT2D eigenvalue weighted by molar-refractivity contribution is 0.480. The van der Waals surface area contributed by atoms with Crippen LogP contribution in [-0.2, 0) is 22.0 Å². The van der Waals surface area contributed by atoms with E-state index in [0.717, 1.165) is 0 Å². The van der Waals surface area contributed by atoms with Crippen LogP contribution in [-0.4, -0.2) is 18.2 Å². The molecule has 0 fully saturated rings. The molecule has 1 aromatic heterocycles. The Morgan fingerprint density at radius 1 is 1.44 bits per heavy atom. The minimum Gasteiger partial charge on any atom is -0.252 e. The lowest BCUT2D eigenvalue weighted by atomic mass is 10.2. The second kappa shape index (κ2) is 4.94. The van der Waals surface area contributed by atoms with Gasteiger partial charge in [0.15, 0.2) is 0 Å². The van der Waals surface area contributed by atoms with Crippen molar-refractivity contribution in [3.8, 4) is 0 Å². The van der Waals surface area contributed by atoms with E-state index in [-0.39, 0.29) is 10.0 Å². The Morgan fingerprint density at radius 2 is 2.00 bits per heavy atom. The van der Waals surface area contributed by atoms with Gasteiger partial charge in [-0.1, -0.05) is 32.4 Å². The summed E-state index contributed by atoms with van der Waals surface area (Å²) in [6.45, 7) is 6.37. The lowest BCUT2D eigenvalue weighted by Crippen LogP contribution is -2.06. The van der Waals surface area contributed by atoms with Crippen LogP contribution in [0.5, 0.6) is 0 Å². The van der Waals surface area contributed by atoms with Gasteiger partial charge >= 0.3 is 0 Å². The Balaban J connectivity index is 3.33. The van der Waals surface area contributed by atoms with Crippen molar-refractivity contribution < 1.29 is 8.42 Å². The number of halogens is 2. The van der Waals surface area contributed by atoms with E-state index in [1.165, 1.54) is 4.68 Å². The molecule has 92 valence electrons. The molecule has 1 aromatic rings. The van der Waals surface area contributed by atoms with E-state index in [1.54, 1.807) is 0 Å². The van der Waals surface area contributed by atoms with Gasteiger partial charge in [0, 0.05) is 17.2 Å². The molecular formula is C9H14Cl2N2O2S. The number of rotatable bonds is 4. The van der Waals surface area contributed by atoms with Gasteiger partial charge in [0.25, 0.3) is 9.05 Å². The van der Waals surface area contributed by atoms with E-state index >= 15 is 0 Å². The molecule has 0 aliphatic carbocycles. The average Bonchev–Trinajstić information content (AvgIpc) is 2.41. The standard InChI is InChI=1S/C9H14Cl2N2O2S/c1-4-7-8(16(11,14)15)9(10)13(12-7)5-6(2)3/h6H,4-5H2,1-3H3. The van der Waals surface area contributed by atoms with Gasteiger partial charge in [-0.15, -0.1) is 0 Å². The maximum absolute atomic E-state index is 11.4. The maximum Gasteiger partial charge on any atom is 0.266 e. The Labute approximate surface area is 105 Å². The third-order valence-corrected chi connectivity index (χ3v) is 3.91. The molecule has 0 spiro atoms. The normalized spacial score (nSPS) is 12.4. The molecule has 0 aromatic carbocycles. The number of hydrogen-bond acceptors (Lipinski definition) is 3. The summed E-state index contributed by atoms with van der Waals surface area (Å²) in [6, 6.07) is 0. The van der Waals surface area contributed by atoms with Crippen molar-refractivity contribution in [3.05, 3.63) is 10.8 Å². The molecule has 7 heteroatoms. The van der Waals surface area contributed by atoms with Gasteiger partial charge in [0.2, 0.25) is 0 Å². The maximum atomic E-state index is 11.4. The van der Waals surface area contributed by atoms with E-state index in [0.29, 0.717) is 24.6 Å². The van der Waals surface area contributed by atoms with Crippen LogP contribution in [0.2, 0.25) is 5.15 Å². The Kier molecular flexibility index (Phi) is 4.26. The quantitative estimate of drug-likeness (QED) is 0.799. The first kappa shape index (κ1) is 13.8. The van der Waals surface area contributed by atoms with Crippen LogP contribution in [0.1, 0.15) is 26.5 Å². The van der Waals surface area contributed by atoms with E-state index in [9.17, 15) is 8.42 Å². The zero-order valence-corrected chi connectivity index (χ0v) is 11.7. The number of aromatic nitrogens is 2. The molecule has 16 heavy (non-hydrogen) atoms. The van der Waals surface area contributed by atoms with Crippen LogP contribution in [0.25, 0.3) is 0 Å². The fraction of sp³-hybridized carbons (Fsp3) is 0.667. The second-order valence-corrected chi connectivity index (χ2v) is 6.79. The minimum absolute atomic E-state index is 0.0565. The number of hydrogen-bond donors (Lipinski definition) is 0. The van der Waals surface area contributed by atoms with Gasteiger partial charge in [0.05, 0.1) is 5.69 Å². The smallest absolute Gasteiger partial charge is 0.252 e. The van der Waals surface area contributed by atoms with Crippen LogP contribution in [0.3, 0.4) is 0 Å². The summed E-state index contributed by atoms with van der Waals surface area (Å²) in [5.41, 5.74) is 0.417. The summed E-state index contributed by atoms with van der Waals surface area (Å²) < 4.78 is 24.2. The highest BCUT2D eigenvalue weighted by Gasteiger charge is 2.25. The zero-order valence-electron chi connectivity index (χ0n) is 9.37. The molecule has 0 amide bonds. The first-order valence-electron chi connectivity index (χ1n) is 4.97. The molecule has 0 saturated heterocycles. The molecule has 0 radical (unpaired) electrons. The molecule has 0 atom stereocenters. The van der Waals surface area contributed by atoms with Crippen molar-refractivity contribution in [1.29, 1.82) is 0 Å². The van der Waals surface area contributed by atoms with E-state index in [4.69, 9.17) is 22.3 Å². The SMILES string of the molecule is CCc1nn(CC(C)C)c(Cl)c1S(=O)(=O)Cl. The van der Waals surface area contributed by atoms with Crippen molar-refractivity contribution in [2.24, 2.45) is 5.92 Å². The van der Waals surface area contributed by atoms with Crippen LogP contribution in [0, 0.1) is 5.92 Å². The van der Waals surface area contributed by atoms with Gasteiger partial charge in [-0.2, -0.15) is 5.10 Å². The first-order valence-corrected chi connectivity index (χ1v) is 7.66. The van der Waals surface area contributed by atoms with Crippen LogP contribution in [0.15, 0.2) is 4.90 Å². The second-order valence-electron chi connectivity index (χ2n) is 3.93. The summed E-state index contributed by atoms with van der Waals surface area (Å²) in [5, 5.41) is 4.25. The fourth-order valence-electron chi connectivity index (χ4n) is 1.41. The Bertz CT molecular complexity index is 480. The minimum atomic E-state index is -3.83. The zero-order chi connectivity index (χ0) is 12.5. The van der Waals surface area contributed by atoms with Crippen molar-refractivity contribution in [2.45, 2.75) is 38.6 Å². The van der Waals surface area contributed by atoms with E-state index in [1.807, 2.05) is 20.8 Å². The highest BCUT2D eigenvalue weighted by atomic mass is 35.7. The molecule has 0 saturated carbocycles. The van der Waals surface area contributed by atoms with E-state index in [2.05, 4.69) is 5.10 Å². The third kappa shape index (κ3) is 2.90. The molecule has 1 rings (SSSR count). The molecule has 0 aliphatic heterocycles. The number of nitrogens with zero attached hydrogens (tertiary/aromatic N) is 2. The van der Waals surface area contributed by atoms with Crippen molar-refractivity contribution in [2.75, 3.05) is 0 Å². The Hall–Kier alpha value is -0.260. The highest BCUT2D eigenvalue weighted by Crippen LogP contribution is 2.29. The molecule has 0 unspecified atom stereocenters. The van der Waals surface area contributed by atoms with Gasteiger partial charge in [-0.05, 0) is 12.3 Å². The lowest BCUT2D eigenvalue weighted by Gasteiger charge is -2.05. The summed E-state index contributed by atoms with van der Waals surface area (Å²) >= 11 is 5.97. The summed E-state index contributed by atoms with van der Waals surface area (Å²) in [4.78, 5) is -0.0565. The molecule has 1 heterocycles. The summed E-state index contributed by atoms with van der Waals surface area (Å²) in [6.07, 6.45) is 0.478. The summed E-state index contributed by atoms with van der Waals surface area (Å²) in [7, 11) is 1.50. The summed E-state index contributed by atoms with van der Waals surface area (Å²) in [5.74, 6) is 0.327. The predicted octanol–water partition coefficient (Wildman–Crippen LogP) is 2.68. The predicted molar refractivity (Wildman–Crippen MR) is 64.5 cm³/mol.